The Labute approximate surface area is 109 Å². The summed E-state index contributed by atoms with van der Waals surface area (Å²) in [4.78, 5) is 15.3. The molecule has 2 rings (SSSR count). The molecule has 1 aromatic carbocycles. The summed E-state index contributed by atoms with van der Waals surface area (Å²) in [7, 11) is 5.52. The molecule has 4 nitrogen and oxygen atoms in total. The topological polar surface area (TPSA) is 35.6 Å². The molecule has 0 unspecified atom stereocenters. The number of benzene rings is 1. The van der Waals surface area contributed by atoms with Gasteiger partial charge in [-0.15, -0.1) is 0 Å². The van der Waals surface area contributed by atoms with E-state index in [9.17, 15) is 4.79 Å². The molecule has 1 aliphatic heterocycles. The summed E-state index contributed by atoms with van der Waals surface area (Å²) in [5.74, 6) is 0.114. The minimum Gasteiger partial charge on any atom is -0.385 e. The molecular formula is C14H21N3O. The van der Waals surface area contributed by atoms with Crippen molar-refractivity contribution in [1.82, 2.24) is 4.90 Å². The third kappa shape index (κ3) is 2.75. The summed E-state index contributed by atoms with van der Waals surface area (Å²) in [6.07, 6.45) is 2.34. The molecule has 1 N–H and O–H groups in total. The Morgan fingerprint density at radius 2 is 2.11 bits per heavy atom. The first-order valence-electron chi connectivity index (χ1n) is 6.36. The van der Waals surface area contributed by atoms with Gasteiger partial charge in [0.05, 0.1) is 6.54 Å². The number of rotatable bonds is 3. The van der Waals surface area contributed by atoms with Gasteiger partial charge in [0, 0.05) is 39.1 Å². The molecule has 1 aliphatic rings. The third-order valence-electron chi connectivity index (χ3n) is 3.34. The Kier molecular flexibility index (Phi) is 3.75. The second kappa shape index (κ2) is 5.29. The third-order valence-corrected chi connectivity index (χ3v) is 3.34. The van der Waals surface area contributed by atoms with E-state index in [1.165, 1.54) is 17.7 Å². The highest BCUT2D eigenvalue weighted by molar-refractivity contribution is 5.81. The van der Waals surface area contributed by atoms with Gasteiger partial charge in [0.1, 0.15) is 0 Å². The second-order valence-electron chi connectivity index (χ2n) is 5.02. The molecule has 0 aliphatic carbocycles. The first kappa shape index (κ1) is 12.7. The summed E-state index contributed by atoms with van der Waals surface area (Å²) in [5.41, 5.74) is 3.67. The van der Waals surface area contributed by atoms with Crippen LogP contribution in [-0.2, 0) is 11.2 Å². The lowest BCUT2D eigenvalue weighted by molar-refractivity contribution is -0.127. The van der Waals surface area contributed by atoms with Gasteiger partial charge in [-0.2, -0.15) is 0 Å². The molecule has 1 aromatic rings. The number of carbonyl (C=O) groups is 1. The van der Waals surface area contributed by atoms with Gasteiger partial charge in [-0.3, -0.25) is 4.79 Å². The Balaban J connectivity index is 2.11. The second-order valence-corrected chi connectivity index (χ2v) is 5.02. The largest absolute Gasteiger partial charge is 0.385 e. The average Bonchev–Trinajstić information content (AvgIpc) is 2.37. The van der Waals surface area contributed by atoms with Crippen LogP contribution in [-0.4, -0.2) is 45.0 Å². The highest BCUT2D eigenvalue weighted by Crippen LogP contribution is 2.26. The van der Waals surface area contributed by atoms with Crippen molar-refractivity contribution >= 4 is 17.3 Å². The fourth-order valence-electron chi connectivity index (χ4n) is 2.12. The zero-order valence-corrected chi connectivity index (χ0v) is 11.4. The lowest BCUT2D eigenvalue weighted by Crippen LogP contribution is -2.34. The Morgan fingerprint density at radius 1 is 1.33 bits per heavy atom. The zero-order chi connectivity index (χ0) is 13.1. The quantitative estimate of drug-likeness (QED) is 0.880. The molecule has 98 valence electrons. The maximum Gasteiger partial charge on any atom is 0.241 e. The number of hydrogen-bond donors (Lipinski definition) is 1. The maximum absolute atomic E-state index is 11.7. The molecule has 1 amide bonds. The number of aryl methyl sites for hydroxylation is 1. The monoisotopic (exact) mass is 247 g/mol. The van der Waals surface area contributed by atoms with E-state index >= 15 is 0 Å². The van der Waals surface area contributed by atoms with Gasteiger partial charge in [0.15, 0.2) is 0 Å². The zero-order valence-electron chi connectivity index (χ0n) is 11.4. The molecule has 0 radical (unpaired) electrons. The number of nitrogens with one attached hydrogen (secondary N) is 1. The number of anilines is 2. The summed E-state index contributed by atoms with van der Waals surface area (Å²) in [6.45, 7) is 1.45. The van der Waals surface area contributed by atoms with Gasteiger partial charge in [-0.25, -0.2) is 0 Å². The highest BCUT2D eigenvalue weighted by atomic mass is 16.2. The van der Waals surface area contributed by atoms with Crippen LogP contribution in [0.2, 0.25) is 0 Å². The number of amides is 1. The molecule has 0 saturated heterocycles. The predicted octanol–water partition coefficient (Wildman–Crippen LogP) is 1.57. The van der Waals surface area contributed by atoms with Crippen LogP contribution in [0.1, 0.15) is 12.0 Å². The fourth-order valence-corrected chi connectivity index (χ4v) is 2.12. The van der Waals surface area contributed by atoms with Crippen LogP contribution < -0.4 is 10.2 Å². The predicted molar refractivity (Wildman–Crippen MR) is 75.2 cm³/mol. The van der Waals surface area contributed by atoms with E-state index in [-0.39, 0.29) is 5.91 Å². The highest BCUT2D eigenvalue weighted by Gasteiger charge is 2.13. The Bertz CT molecular complexity index is 443. The molecule has 0 spiro atoms. The van der Waals surface area contributed by atoms with Crippen molar-refractivity contribution in [3.8, 4) is 0 Å². The van der Waals surface area contributed by atoms with Crippen LogP contribution >= 0.6 is 0 Å². The van der Waals surface area contributed by atoms with Gasteiger partial charge in [0.2, 0.25) is 5.91 Å². The molecule has 0 bridgehead atoms. The molecule has 0 atom stereocenters. The van der Waals surface area contributed by atoms with Gasteiger partial charge >= 0.3 is 0 Å². The van der Waals surface area contributed by atoms with Gasteiger partial charge in [-0.05, 0) is 30.5 Å². The van der Waals surface area contributed by atoms with Gasteiger partial charge < -0.3 is 15.1 Å². The molecule has 1 heterocycles. The Morgan fingerprint density at radius 3 is 2.83 bits per heavy atom. The summed E-state index contributed by atoms with van der Waals surface area (Å²) in [5, 5.41) is 3.41. The van der Waals surface area contributed by atoms with Crippen LogP contribution in [0.3, 0.4) is 0 Å². The number of carbonyl (C=O) groups excluding carboxylic acids is 1. The van der Waals surface area contributed by atoms with Crippen molar-refractivity contribution in [2.45, 2.75) is 12.8 Å². The smallest absolute Gasteiger partial charge is 0.241 e. The van der Waals surface area contributed by atoms with E-state index in [0.29, 0.717) is 6.54 Å². The summed E-state index contributed by atoms with van der Waals surface area (Å²) in [6, 6.07) is 6.39. The molecular weight excluding hydrogens is 226 g/mol. The molecule has 0 saturated carbocycles. The Hall–Kier alpha value is -1.71. The van der Waals surface area contributed by atoms with E-state index in [1.807, 2.05) is 11.9 Å². The first-order chi connectivity index (χ1) is 8.58. The van der Waals surface area contributed by atoms with Crippen LogP contribution in [0.5, 0.6) is 0 Å². The van der Waals surface area contributed by atoms with E-state index in [0.717, 1.165) is 18.7 Å². The maximum atomic E-state index is 11.7. The first-order valence-corrected chi connectivity index (χ1v) is 6.36. The van der Waals surface area contributed by atoms with Crippen molar-refractivity contribution in [2.75, 3.05) is 44.4 Å². The molecule has 18 heavy (non-hydrogen) atoms. The van der Waals surface area contributed by atoms with Gasteiger partial charge in [-0.1, -0.05) is 6.07 Å². The summed E-state index contributed by atoms with van der Waals surface area (Å²) < 4.78 is 0. The minimum atomic E-state index is 0.114. The van der Waals surface area contributed by atoms with Crippen molar-refractivity contribution < 1.29 is 4.79 Å². The lowest BCUT2D eigenvalue weighted by atomic mass is 10.0. The van der Waals surface area contributed by atoms with Gasteiger partial charge in [0.25, 0.3) is 0 Å². The van der Waals surface area contributed by atoms with E-state index < -0.39 is 0 Å². The van der Waals surface area contributed by atoms with Crippen molar-refractivity contribution in [3.05, 3.63) is 23.8 Å². The number of likely N-dealkylation sites (N-methyl/N-ethyl adjacent to an activating group) is 2. The standard InChI is InChI=1S/C14H21N3O/c1-16(2)14(18)10-17(3)12-7-6-11-5-4-8-15-13(11)9-12/h6-7,9,15H,4-5,8,10H2,1-3H3. The van der Waals surface area contributed by atoms with E-state index in [1.54, 1.807) is 19.0 Å². The van der Waals surface area contributed by atoms with Crippen molar-refractivity contribution in [1.29, 1.82) is 0 Å². The normalized spacial score (nSPS) is 13.5. The molecule has 0 aromatic heterocycles. The lowest BCUT2D eigenvalue weighted by Gasteiger charge is -2.24. The average molecular weight is 247 g/mol. The van der Waals surface area contributed by atoms with Crippen molar-refractivity contribution in [3.63, 3.8) is 0 Å². The van der Waals surface area contributed by atoms with E-state index in [4.69, 9.17) is 0 Å². The summed E-state index contributed by atoms with van der Waals surface area (Å²) >= 11 is 0. The number of hydrogen-bond acceptors (Lipinski definition) is 3. The molecule has 0 fully saturated rings. The number of fused-ring (bicyclic) bond motifs is 1. The minimum absolute atomic E-state index is 0.114. The molecule has 4 heteroatoms. The SMILES string of the molecule is CN(C)C(=O)CN(C)c1ccc2c(c1)NCCC2. The van der Waals surface area contributed by atoms with E-state index in [2.05, 4.69) is 23.5 Å². The van der Waals surface area contributed by atoms with Crippen LogP contribution in [0.15, 0.2) is 18.2 Å². The van der Waals surface area contributed by atoms with Crippen LogP contribution in [0.4, 0.5) is 11.4 Å². The van der Waals surface area contributed by atoms with Crippen molar-refractivity contribution in [2.24, 2.45) is 0 Å². The number of nitrogens with zero attached hydrogens (tertiary/aromatic N) is 2. The van der Waals surface area contributed by atoms with Crippen LogP contribution in [0, 0.1) is 0 Å². The van der Waals surface area contributed by atoms with Crippen LogP contribution in [0.25, 0.3) is 0 Å². The fraction of sp³-hybridized carbons (Fsp3) is 0.500.